The van der Waals surface area contributed by atoms with Gasteiger partial charge in [0, 0.05) is 13.6 Å². The van der Waals surface area contributed by atoms with E-state index in [-0.39, 0.29) is 16.7 Å². The Morgan fingerprint density at radius 2 is 2.21 bits per heavy atom. The Balaban J connectivity index is 3.00. The predicted octanol–water partition coefficient (Wildman–Crippen LogP) is 2.49. The highest BCUT2D eigenvalue weighted by Crippen LogP contribution is 2.34. The van der Waals surface area contributed by atoms with E-state index in [0.29, 0.717) is 12.2 Å². The number of methoxy groups -OCH3 is 1. The van der Waals surface area contributed by atoms with Crippen molar-refractivity contribution in [1.29, 1.82) is 0 Å². The summed E-state index contributed by atoms with van der Waals surface area (Å²) in [6.45, 7) is 1.99. The molecule has 1 atom stereocenters. The van der Waals surface area contributed by atoms with E-state index in [1.54, 1.807) is 31.0 Å². The van der Waals surface area contributed by atoms with Crippen LogP contribution in [0.4, 0.5) is 11.4 Å². The van der Waals surface area contributed by atoms with Crippen molar-refractivity contribution in [1.82, 2.24) is 0 Å². The molecule has 0 aliphatic heterocycles. The zero-order valence-corrected chi connectivity index (χ0v) is 11.7. The van der Waals surface area contributed by atoms with Gasteiger partial charge in [0.2, 0.25) is 0 Å². The molecule has 0 saturated carbocycles. The number of nitrogens with zero attached hydrogens (tertiary/aromatic N) is 2. The number of hydrogen-bond donors (Lipinski definition) is 0. The standard InChI is InChI=1S/C12H15ClN2O4/c1-8(12(16)19-3)7-14(2)10-6-4-5-9(13)11(10)15(17)18/h4-6,8H,7H2,1-3H3. The van der Waals surface area contributed by atoms with E-state index in [2.05, 4.69) is 4.74 Å². The van der Waals surface area contributed by atoms with Crippen LogP contribution < -0.4 is 4.90 Å². The van der Waals surface area contributed by atoms with Gasteiger partial charge >= 0.3 is 11.7 Å². The number of halogens is 1. The molecule has 0 amide bonds. The fraction of sp³-hybridized carbons (Fsp3) is 0.417. The minimum Gasteiger partial charge on any atom is -0.469 e. The minimum atomic E-state index is -0.531. The molecule has 7 heteroatoms. The van der Waals surface area contributed by atoms with Gasteiger partial charge in [0.15, 0.2) is 0 Å². The minimum absolute atomic E-state index is 0.0695. The molecule has 0 aromatic heterocycles. The molecule has 1 unspecified atom stereocenters. The Morgan fingerprint density at radius 1 is 1.58 bits per heavy atom. The van der Waals surface area contributed by atoms with E-state index < -0.39 is 10.8 Å². The highest BCUT2D eigenvalue weighted by atomic mass is 35.5. The highest BCUT2D eigenvalue weighted by Gasteiger charge is 2.23. The molecule has 104 valence electrons. The molecule has 0 saturated heterocycles. The van der Waals surface area contributed by atoms with Gasteiger partial charge in [0.05, 0.1) is 18.0 Å². The summed E-state index contributed by atoms with van der Waals surface area (Å²) in [7, 11) is 2.97. The van der Waals surface area contributed by atoms with Crippen LogP contribution in [-0.2, 0) is 9.53 Å². The monoisotopic (exact) mass is 286 g/mol. The van der Waals surface area contributed by atoms with Crippen LogP contribution in [0.15, 0.2) is 18.2 Å². The van der Waals surface area contributed by atoms with E-state index in [1.165, 1.54) is 13.2 Å². The van der Waals surface area contributed by atoms with Crippen molar-refractivity contribution in [3.8, 4) is 0 Å². The van der Waals surface area contributed by atoms with Gasteiger partial charge in [-0.3, -0.25) is 14.9 Å². The van der Waals surface area contributed by atoms with Crippen LogP contribution in [0.2, 0.25) is 5.02 Å². The van der Waals surface area contributed by atoms with Crippen molar-refractivity contribution in [2.75, 3.05) is 25.6 Å². The van der Waals surface area contributed by atoms with Crippen molar-refractivity contribution >= 4 is 28.9 Å². The van der Waals surface area contributed by atoms with Crippen LogP contribution in [0.1, 0.15) is 6.92 Å². The summed E-state index contributed by atoms with van der Waals surface area (Å²) in [5, 5.41) is 11.1. The first-order valence-electron chi connectivity index (χ1n) is 5.60. The number of hydrogen-bond acceptors (Lipinski definition) is 5. The fourth-order valence-corrected chi connectivity index (χ4v) is 2.02. The molecule has 0 aliphatic carbocycles. The molecule has 0 spiro atoms. The summed E-state index contributed by atoms with van der Waals surface area (Å²) >= 11 is 5.83. The number of carbonyl (C=O) groups excluding carboxylic acids is 1. The Labute approximate surface area is 116 Å². The topological polar surface area (TPSA) is 72.7 Å². The van der Waals surface area contributed by atoms with Crippen LogP contribution in [0, 0.1) is 16.0 Å². The van der Waals surface area contributed by atoms with Gasteiger partial charge in [-0.15, -0.1) is 0 Å². The molecular formula is C12H15ClN2O4. The lowest BCUT2D eigenvalue weighted by Gasteiger charge is -2.22. The van der Waals surface area contributed by atoms with Gasteiger partial charge in [0.25, 0.3) is 0 Å². The van der Waals surface area contributed by atoms with E-state index in [0.717, 1.165) is 0 Å². The summed E-state index contributed by atoms with van der Waals surface area (Å²) in [6.07, 6.45) is 0. The Morgan fingerprint density at radius 3 is 2.74 bits per heavy atom. The predicted molar refractivity (Wildman–Crippen MR) is 72.6 cm³/mol. The first-order chi connectivity index (χ1) is 8.88. The van der Waals surface area contributed by atoms with Crippen LogP contribution in [-0.4, -0.2) is 31.6 Å². The summed E-state index contributed by atoms with van der Waals surface area (Å²) < 4.78 is 4.62. The zero-order valence-electron chi connectivity index (χ0n) is 10.9. The van der Waals surface area contributed by atoms with Crippen molar-refractivity contribution in [3.63, 3.8) is 0 Å². The van der Waals surface area contributed by atoms with Gasteiger partial charge in [-0.25, -0.2) is 0 Å². The SMILES string of the molecule is COC(=O)C(C)CN(C)c1cccc(Cl)c1[N+](=O)[O-]. The molecule has 0 bridgehead atoms. The van der Waals surface area contributed by atoms with E-state index in [4.69, 9.17) is 11.6 Å². The average Bonchev–Trinajstić information content (AvgIpc) is 2.36. The number of esters is 1. The maximum Gasteiger partial charge on any atom is 0.310 e. The van der Waals surface area contributed by atoms with Gasteiger partial charge in [-0.2, -0.15) is 0 Å². The maximum absolute atomic E-state index is 11.4. The molecule has 6 nitrogen and oxygen atoms in total. The Hall–Kier alpha value is -1.82. The Bertz CT molecular complexity index is 493. The maximum atomic E-state index is 11.4. The van der Waals surface area contributed by atoms with Crippen LogP contribution in [0.5, 0.6) is 0 Å². The molecule has 0 N–H and O–H groups in total. The number of anilines is 1. The highest BCUT2D eigenvalue weighted by molar-refractivity contribution is 6.33. The second-order valence-corrected chi connectivity index (χ2v) is 4.58. The lowest BCUT2D eigenvalue weighted by molar-refractivity contribution is -0.384. The van der Waals surface area contributed by atoms with Gasteiger partial charge in [-0.1, -0.05) is 24.6 Å². The fourth-order valence-electron chi connectivity index (χ4n) is 1.78. The third kappa shape index (κ3) is 3.57. The molecule has 0 radical (unpaired) electrons. The first kappa shape index (κ1) is 15.2. The number of carbonyl (C=O) groups is 1. The first-order valence-corrected chi connectivity index (χ1v) is 5.98. The number of ether oxygens (including phenoxy) is 1. The van der Waals surface area contributed by atoms with E-state index in [9.17, 15) is 14.9 Å². The summed E-state index contributed by atoms with van der Waals surface area (Å²) in [5.41, 5.74) is 0.206. The van der Waals surface area contributed by atoms with Crippen molar-refractivity contribution in [3.05, 3.63) is 33.3 Å². The number of rotatable bonds is 5. The van der Waals surface area contributed by atoms with Crippen molar-refractivity contribution in [2.24, 2.45) is 5.92 Å². The Kier molecular flexibility index (Phi) is 5.11. The van der Waals surface area contributed by atoms with Gasteiger partial charge < -0.3 is 9.64 Å². The van der Waals surface area contributed by atoms with E-state index >= 15 is 0 Å². The largest absolute Gasteiger partial charge is 0.469 e. The van der Waals surface area contributed by atoms with Crippen LogP contribution in [0.3, 0.4) is 0 Å². The number of para-hydroxylation sites is 1. The molecule has 0 fully saturated rings. The van der Waals surface area contributed by atoms with Crippen molar-refractivity contribution < 1.29 is 14.5 Å². The van der Waals surface area contributed by atoms with Crippen LogP contribution >= 0.6 is 11.6 Å². The summed E-state index contributed by atoms with van der Waals surface area (Å²) in [5.74, 6) is -0.759. The number of benzene rings is 1. The molecule has 1 aromatic rings. The quantitative estimate of drug-likeness (QED) is 0.472. The lowest BCUT2D eigenvalue weighted by atomic mass is 10.1. The average molecular weight is 287 g/mol. The molecular weight excluding hydrogens is 272 g/mol. The second-order valence-electron chi connectivity index (χ2n) is 4.17. The molecule has 1 rings (SSSR count). The smallest absolute Gasteiger partial charge is 0.310 e. The normalized spacial score (nSPS) is 11.8. The van der Waals surface area contributed by atoms with Crippen LogP contribution in [0.25, 0.3) is 0 Å². The van der Waals surface area contributed by atoms with E-state index in [1.807, 2.05) is 0 Å². The van der Waals surface area contributed by atoms with Crippen molar-refractivity contribution in [2.45, 2.75) is 6.92 Å². The molecule has 0 heterocycles. The third-order valence-corrected chi connectivity index (χ3v) is 3.02. The third-order valence-electron chi connectivity index (χ3n) is 2.71. The lowest BCUT2D eigenvalue weighted by Crippen LogP contribution is -2.29. The molecule has 0 aliphatic rings. The number of nitro benzene ring substituents is 1. The van der Waals surface area contributed by atoms with Gasteiger partial charge in [0.1, 0.15) is 10.7 Å². The zero-order chi connectivity index (χ0) is 14.6. The summed E-state index contributed by atoms with van der Waals surface area (Å²) in [6, 6.07) is 4.68. The molecule has 1 aromatic carbocycles. The molecule has 19 heavy (non-hydrogen) atoms. The second kappa shape index (κ2) is 6.38. The summed E-state index contributed by atoms with van der Waals surface area (Å²) in [4.78, 5) is 23.5. The van der Waals surface area contributed by atoms with Gasteiger partial charge in [-0.05, 0) is 12.1 Å². The number of nitro groups is 1.